The number of benzene rings is 2. The molecule has 1 unspecified atom stereocenters. The molecule has 0 aliphatic carbocycles. The number of carbonyl (C=O) groups excluding carboxylic acids is 3. The molecule has 3 N–H and O–H groups in total. The van der Waals surface area contributed by atoms with Crippen LogP contribution in [0.2, 0.25) is 0 Å². The van der Waals surface area contributed by atoms with E-state index >= 15 is 0 Å². The molecule has 0 radical (unpaired) electrons. The third kappa shape index (κ3) is 4.61. The van der Waals surface area contributed by atoms with Crippen molar-refractivity contribution in [1.29, 1.82) is 0 Å². The molecule has 1 aliphatic heterocycles. The second-order valence-electron chi connectivity index (χ2n) is 7.09. The molecular weight excluding hydrogens is 418 g/mol. The molecule has 0 saturated carbocycles. The van der Waals surface area contributed by atoms with Gasteiger partial charge in [0.25, 0.3) is 0 Å². The summed E-state index contributed by atoms with van der Waals surface area (Å²) in [5.74, 6) is -1.91. The predicted octanol–water partition coefficient (Wildman–Crippen LogP) is 3.40. The molecule has 8 nitrogen and oxygen atoms in total. The Balaban J connectivity index is 1.40. The molecule has 0 bridgehead atoms. The number of anilines is 2. The van der Waals surface area contributed by atoms with E-state index in [1.807, 2.05) is 12.1 Å². The zero-order chi connectivity index (χ0) is 22.0. The number of fused-ring (bicyclic) bond motifs is 1. The number of nitrogens with one attached hydrogen (secondary N) is 2. The van der Waals surface area contributed by atoms with Gasteiger partial charge in [0.2, 0.25) is 17.7 Å². The lowest BCUT2D eigenvalue weighted by Crippen LogP contribution is -2.31. The summed E-state index contributed by atoms with van der Waals surface area (Å²) < 4.78 is 0. The molecule has 1 fully saturated rings. The van der Waals surface area contributed by atoms with Gasteiger partial charge >= 0.3 is 5.97 Å². The van der Waals surface area contributed by atoms with Crippen molar-refractivity contribution in [2.45, 2.75) is 29.4 Å². The molecule has 1 atom stereocenters. The Bertz CT molecular complexity index is 1170. The van der Waals surface area contributed by atoms with Crippen LogP contribution < -0.4 is 10.2 Å². The first-order valence-electron chi connectivity index (χ1n) is 9.63. The molecule has 3 amide bonds. The van der Waals surface area contributed by atoms with Crippen LogP contribution in [0.15, 0.2) is 59.6 Å². The Labute approximate surface area is 181 Å². The number of carboxylic acid groups (broad SMARTS) is 1. The fraction of sp³-hybridized carbons (Fsp3) is 0.182. The summed E-state index contributed by atoms with van der Waals surface area (Å²) in [5.41, 5.74) is 1.94. The first kappa shape index (κ1) is 20.7. The highest BCUT2D eigenvalue weighted by Gasteiger charge is 2.40. The Kier molecular flexibility index (Phi) is 5.77. The summed E-state index contributed by atoms with van der Waals surface area (Å²) in [5, 5.41) is 11.7. The first-order valence-corrected chi connectivity index (χ1v) is 10.5. The highest BCUT2D eigenvalue weighted by atomic mass is 32.2. The highest BCUT2D eigenvalue weighted by Crippen LogP contribution is 2.35. The number of carboxylic acids is 1. The van der Waals surface area contributed by atoms with Crippen molar-refractivity contribution in [3.05, 3.63) is 54.7 Å². The monoisotopic (exact) mass is 437 g/mol. The van der Waals surface area contributed by atoms with Crippen molar-refractivity contribution >= 4 is 57.7 Å². The lowest BCUT2D eigenvalue weighted by molar-refractivity contribution is -0.138. The Morgan fingerprint density at radius 3 is 2.61 bits per heavy atom. The van der Waals surface area contributed by atoms with Crippen LogP contribution in [0.25, 0.3) is 10.9 Å². The Morgan fingerprint density at radius 1 is 1.10 bits per heavy atom. The molecule has 9 heteroatoms. The standard InChI is InChI=1S/C22H19N3O5S/c26-19(7-8-21(28)29)24-14-2-5-16(6-3-14)31-18-12-20(27)25(22(18)30)15-4-1-13-9-10-23-17(13)11-15/h1-6,9-11,18,23H,7-8,12H2,(H,24,26)(H,28,29). The number of aromatic amines is 1. The van der Waals surface area contributed by atoms with Gasteiger partial charge in [0, 0.05) is 35.1 Å². The van der Waals surface area contributed by atoms with Crippen molar-refractivity contribution in [2.24, 2.45) is 0 Å². The summed E-state index contributed by atoms with van der Waals surface area (Å²) in [6.45, 7) is 0. The SMILES string of the molecule is O=C(O)CCC(=O)Nc1ccc(SC2CC(=O)N(c3ccc4cc[nH]c4c3)C2=O)cc1. The molecule has 1 saturated heterocycles. The van der Waals surface area contributed by atoms with Gasteiger partial charge in [-0.25, -0.2) is 4.90 Å². The maximum absolute atomic E-state index is 12.9. The first-order chi connectivity index (χ1) is 14.9. The van der Waals surface area contributed by atoms with Crippen molar-refractivity contribution in [2.75, 3.05) is 10.2 Å². The van der Waals surface area contributed by atoms with Gasteiger partial charge < -0.3 is 15.4 Å². The van der Waals surface area contributed by atoms with E-state index in [9.17, 15) is 19.2 Å². The number of aliphatic carboxylic acids is 1. The lowest BCUT2D eigenvalue weighted by atomic mass is 10.2. The maximum atomic E-state index is 12.9. The van der Waals surface area contributed by atoms with Gasteiger partial charge in [-0.05, 0) is 47.9 Å². The van der Waals surface area contributed by atoms with Crippen LogP contribution >= 0.6 is 11.8 Å². The van der Waals surface area contributed by atoms with E-state index in [-0.39, 0.29) is 37.0 Å². The van der Waals surface area contributed by atoms with E-state index in [0.29, 0.717) is 11.4 Å². The van der Waals surface area contributed by atoms with Gasteiger partial charge in [0.15, 0.2) is 0 Å². The molecule has 31 heavy (non-hydrogen) atoms. The third-order valence-electron chi connectivity index (χ3n) is 4.88. The van der Waals surface area contributed by atoms with Crippen molar-refractivity contribution in [3.8, 4) is 0 Å². The topological polar surface area (TPSA) is 120 Å². The molecule has 2 aromatic carbocycles. The number of carbonyl (C=O) groups is 4. The minimum atomic E-state index is -1.03. The zero-order valence-electron chi connectivity index (χ0n) is 16.3. The molecule has 1 aliphatic rings. The van der Waals surface area contributed by atoms with Crippen molar-refractivity contribution in [3.63, 3.8) is 0 Å². The molecule has 2 heterocycles. The van der Waals surface area contributed by atoms with Crippen LogP contribution in [-0.4, -0.2) is 39.0 Å². The lowest BCUT2D eigenvalue weighted by Gasteiger charge is -2.15. The summed E-state index contributed by atoms with van der Waals surface area (Å²) in [6, 6.07) is 14.2. The zero-order valence-corrected chi connectivity index (χ0v) is 17.1. The highest BCUT2D eigenvalue weighted by molar-refractivity contribution is 8.00. The molecule has 0 spiro atoms. The van der Waals surface area contributed by atoms with E-state index < -0.39 is 11.2 Å². The van der Waals surface area contributed by atoms with Gasteiger partial charge in [-0.1, -0.05) is 6.07 Å². The smallest absolute Gasteiger partial charge is 0.303 e. The Morgan fingerprint density at radius 2 is 1.87 bits per heavy atom. The number of nitrogens with zero attached hydrogens (tertiary/aromatic N) is 1. The van der Waals surface area contributed by atoms with Crippen molar-refractivity contribution in [1.82, 2.24) is 4.98 Å². The summed E-state index contributed by atoms with van der Waals surface area (Å²) >= 11 is 1.30. The second kappa shape index (κ2) is 8.65. The minimum Gasteiger partial charge on any atom is -0.481 e. The predicted molar refractivity (Wildman–Crippen MR) is 117 cm³/mol. The van der Waals surface area contributed by atoms with Gasteiger partial charge in [-0.2, -0.15) is 0 Å². The van der Waals surface area contributed by atoms with Crippen LogP contribution in [0, 0.1) is 0 Å². The summed E-state index contributed by atoms with van der Waals surface area (Å²) in [4.78, 5) is 52.8. The second-order valence-corrected chi connectivity index (χ2v) is 8.37. The van der Waals surface area contributed by atoms with Crippen molar-refractivity contribution < 1.29 is 24.3 Å². The number of rotatable bonds is 7. The average Bonchev–Trinajstić information content (AvgIpc) is 3.31. The van der Waals surface area contributed by atoms with Crippen LogP contribution in [-0.2, 0) is 19.2 Å². The van der Waals surface area contributed by atoms with Crippen LogP contribution in [0.1, 0.15) is 19.3 Å². The van der Waals surface area contributed by atoms with Crippen LogP contribution in [0.5, 0.6) is 0 Å². The van der Waals surface area contributed by atoms with Gasteiger partial charge in [0.1, 0.15) is 0 Å². The fourth-order valence-corrected chi connectivity index (χ4v) is 4.42. The van der Waals surface area contributed by atoms with Gasteiger partial charge in [-0.15, -0.1) is 11.8 Å². The van der Waals surface area contributed by atoms with E-state index in [2.05, 4.69) is 10.3 Å². The van der Waals surface area contributed by atoms with E-state index in [1.54, 1.807) is 42.6 Å². The molecule has 3 aromatic rings. The number of amides is 3. The number of hydrogen-bond donors (Lipinski definition) is 3. The van der Waals surface area contributed by atoms with E-state index in [4.69, 9.17) is 5.11 Å². The molecule has 1 aromatic heterocycles. The summed E-state index contributed by atoms with van der Waals surface area (Å²) in [6.07, 6.45) is 1.58. The summed E-state index contributed by atoms with van der Waals surface area (Å²) in [7, 11) is 0. The maximum Gasteiger partial charge on any atom is 0.303 e. The van der Waals surface area contributed by atoms with Crippen LogP contribution in [0.3, 0.4) is 0 Å². The van der Waals surface area contributed by atoms with Crippen LogP contribution in [0.4, 0.5) is 11.4 Å². The van der Waals surface area contributed by atoms with E-state index in [1.165, 1.54) is 16.7 Å². The Hall–Kier alpha value is -3.59. The molecule has 4 rings (SSSR count). The number of H-pyrrole nitrogens is 1. The van der Waals surface area contributed by atoms with E-state index in [0.717, 1.165) is 15.8 Å². The third-order valence-corrected chi connectivity index (χ3v) is 6.08. The molecular formula is C22H19N3O5S. The molecule has 158 valence electrons. The number of aromatic nitrogens is 1. The largest absolute Gasteiger partial charge is 0.481 e. The normalized spacial score (nSPS) is 16.1. The quantitative estimate of drug-likeness (QED) is 0.488. The fourth-order valence-electron chi connectivity index (χ4n) is 3.37. The van der Waals surface area contributed by atoms with Gasteiger partial charge in [-0.3, -0.25) is 19.2 Å². The number of imide groups is 1. The number of thioether (sulfide) groups is 1. The number of hydrogen-bond acceptors (Lipinski definition) is 5. The average molecular weight is 437 g/mol. The van der Waals surface area contributed by atoms with Gasteiger partial charge in [0.05, 0.1) is 17.4 Å². The minimum absolute atomic E-state index is 0.103.